The van der Waals surface area contributed by atoms with E-state index in [1.807, 2.05) is 18.2 Å². The van der Waals surface area contributed by atoms with E-state index in [1.165, 1.54) is 47.4 Å². The molecule has 4 aromatic rings. The molecule has 1 unspecified atom stereocenters. The lowest BCUT2D eigenvalue weighted by Crippen LogP contribution is -2.11. The van der Waals surface area contributed by atoms with E-state index in [0.29, 0.717) is 21.7 Å². The van der Waals surface area contributed by atoms with Crippen molar-refractivity contribution in [2.45, 2.75) is 33.2 Å². The van der Waals surface area contributed by atoms with E-state index < -0.39 is 18.2 Å². The van der Waals surface area contributed by atoms with E-state index in [4.69, 9.17) is 33.0 Å². The van der Waals surface area contributed by atoms with Crippen LogP contribution in [0.1, 0.15) is 20.8 Å². The highest BCUT2D eigenvalue weighted by Crippen LogP contribution is 2.20. The van der Waals surface area contributed by atoms with Crippen molar-refractivity contribution in [2.24, 2.45) is 0 Å². The zero-order chi connectivity index (χ0) is 29.1. The fraction of sp³-hybridized carbons (Fsp3) is 0.185. The smallest absolute Gasteiger partial charge is 0.334 e. The van der Waals surface area contributed by atoms with E-state index >= 15 is 0 Å². The number of carbonyl (C=O) groups excluding carboxylic acids is 2. The molecule has 0 aliphatic rings. The Bertz CT molecular complexity index is 1380. The number of ether oxygens (including phenoxy) is 2. The third-order valence-electron chi connectivity index (χ3n) is 4.55. The molecule has 0 aliphatic heterocycles. The Morgan fingerprint density at radius 3 is 1.65 bits per heavy atom. The molecule has 0 fully saturated rings. The molecule has 0 saturated carbocycles. The van der Waals surface area contributed by atoms with E-state index in [-0.39, 0.29) is 6.10 Å². The third kappa shape index (κ3) is 10.1. The minimum Gasteiger partial charge on any atom is -0.460 e. The van der Waals surface area contributed by atoms with Crippen molar-refractivity contribution in [2.75, 3.05) is 0 Å². The molecule has 0 spiro atoms. The molecule has 0 bridgehead atoms. The Balaban J connectivity index is 0.000000220. The summed E-state index contributed by atoms with van der Waals surface area (Å²) in [6.45, 7) is 4.93. The van der Waals surface area contributed by atoms with Gasteiger partial charge in [0.25, 0.3) is 0 Å². The molecule has 2 aromatic heterocycles. The van der Waals surface area contributed by atoms with Crippen molar-refractivity contribution in [3.05, 3.63) is 83.4 Å². The van der Waals surface area contributed by atoms with Crippen molar-refractivity contribution >= 4 is 47.5 Å². The second-order valence-corrected chi connectivity index (χ2v) is 9.14. The number of benzene rings is 2. The van der Waals surface area contributed by atoms with Gasteiger partial charge in [-0.05, 0) is 45.0 Å². The van der Waals surface area contributed by atoms with Gasteiger partial charge < -0.3 is 14.6 Å². The van der Waals surface area contributed by atoms with Crippen molar-refractivity contribution in [1.29, 1.82) is 0 Å². The summed E-state index contributed by atoms with van der Waals surface area (Å²) in [4.78, 5) is 30.8. The lowest BCUT2D eigenvalue weighted by atomic mass is 10.2. The zero-order valence-corrected chi connectivity index (χ0v) is 23.3. The average Bonchev–Trinajstić information content (AvgIpc) is 3.56. The fourth-order valence-corrected chi connectivity index (χ4v) is 3.35. The predicted molar refractivity (Wildman–Crippen MR) is 151 cm³/mol. The van der Waals surface area contributed by atoms with Crippen LogP contribution in [0.5, 0.6) is 0 Å². The Hall–Kier alpha value is -4.32. The number of halogens is 2. The van der Waals surface area contributed by atoms with Gasteiger partial charge in [-0.3, -0.25) is 0 Å². The molecule has 1 atom stereocenters. The third-order valence-corrected chi connectivity index (χ3v) is 5.02. The number of esters is 2. The molecule has 1 N–H and O–H groups in total. The van der Waals surface area contributed by atoms with Crippen molar-refractivity contribution in [1.82, 2.24) is 29.5 Å². The van der Waals surface area contributed by atoms with Crippen molar-refractivity contribution in [3.8, 4) is 22.8 Å². The van der Waals surface area contributed by atoms with Gasteiger partial charge in [0.2, 0.25) is 0 Å². The van der Waals surface area contributed by atoms with Gasteiger partial charge in [0.1, 0.15) is 12.7 Å². The number of aliphatic hydroxyl groups excluding tert-OH is 1. The predicted octanol–water partition coefficient (Wildman–Crippen LogP) is 4.97. The average molecular weight is 585 g/mol. The molecule has 0 saturated heterocycles. The maximum atomic E-state index is 11.4. The monoisotopic (exact) mass is 584 g/mol. The van der Waals surface area contributed by atoms with Gasteiger partial charge >= 0.3 is 11.9 Å². The first-order valence-corrected chi connectivity index (χ1v) is 12.6. The summed E-state index contributed by atoms with van der Waals surface area (Å²) < 4.78 is 12.3. The van der Waals surface area contributed by atoms with Crippen LogP contribution in [0, 0.1) is 0 Å². The molecule has 40 heavy (non-hydrogen) atoms. The van der Waals surface area contributed by atoms with E-state index in [9.17, 15) is 9.59 Å². The summed E-state index contributed by atoms with van der Waals surface area (Å²) in [7, 11) is 0. The van der Waals surface area contributed by atoms with Gasteiger partial charge in [0.15, 0.2) is 17.9 Å². The van der Waals surface area contributed by atoms with Crippen LogP contribution < -0.4 is 0 Å². The summed E-state index contributed by atoms with van der Waals surface area (Å²) in [5, 5.41) is 18.5. The van der Waals surface area contributed by atoms with Crippen LogP contribution in [0.15, 0.2) is 73.3 Å². The summed E-state index contributed by atoms with van der Waals surface area (Å²) in [6, 6.07) is 14.4. The minimum absolute atomic E-state index is 0.148. The van der Waals surface area contributed by atoms with Crippen LogP contribution in [0.25, 0.3) is 35.2 Å². The summed E-state index contributed by atoms with van der Waals surface area (Å²) in [6.07, 6.45) is 6.98. The highest BCUT2D eigenvalue weighted by Gasteiger charge is 2.06. The molecule has 2 heterocycles. The van der Waals surface area contributed by atoms with E-state index in [0.717, 1.165) is 17.2 Å². The van der Waals surface area contributed by atoms with Crippen LogP contribution in [-0.2, 0) is 19.1 Å². The minimum atomic E-state index is -1.15. The Labute approximate surface area is 240 Å². The van der Waals surface area contributed by atoms with E-state index in [1.54, 1.807) is 44.2 Å². The highest BCUT2D eigenvalue weighted by atomic mass is 35.5. The number of hydrogen-bond donors (Lipinski definition) is 1. The second-order valence-electron chi connectivity index (χ2n) is 8.27. The standard InChI is InChI=1S/C14H14ClN3O2.C13H12ClN3O3/c1-10(2)20-13(19)6-7-18-9-16-14(17-18)11-4-3-5-12(15)8-11;1-9(18)20-12(19)5-6-17-8-15-13(16-17)10-3-2-4-11(14)7-10/h3-10H,1-2H3;2-9,18H,1H3/b7-6-;6-5-. The van der Waals surface area contributed by atoms with Crippen LogP contribution in [-0.4, -0.2) is 59.0 Å². The summed E-state index contributed by atoms with van der Waals surface area (Å²) in [5.41, 5.74) is 1.59. The fourth-order valence-electron chi connectivity index (χ4n) is 2.97. The molecular formula is C27H26Cl2N6O5. The summed E-state index contributed by atoms with van der Waals surface area (Å²) in [5.74, 6) is -0.0602. The topological polar surface area (TPSA) is 134 Å². The Morgan fingerprint density at radius 2 is 1.25 bits per heavy atom. The van der Waals surface area contributed by atoms with Crippen molar-refractivity contribution in [3.63, 3.8) is 0 Å². The lowest BCUT2D eigenvalue weighted by molar-refractivity contribution is -0.158. The molecule has 0 aliphatic carbocycles. The molecule has 0 amide bonds. The number of aliphatic hydroxyl groups is 1. The summed E-state index contributed by atoms with van der Waals surface area (Å²) >= 11 is 11.8. The first-order chi connectivity index (χ1) is 19.1. The maximum Gasteiger partial charge on any atom is 0.334 e. The zero-order valence-electron chi connectivity index (χ0n) is 21.8. The number of rotatable bonds is 8. The quantitative estimate of drug-likeness (QED) is 0.173. The molecule has 13 heteroatoms. The van der Waals surface area contributed by atoms with Gasteiger partial charge in [-0.25, -0.2) is 28.9 Å². The van der Waals surface area contributed by atoms with Crippen LogP contribution in [0.4, 0.5) is 0 Å². The van der Waals surface area contributed by atoms with Gasteiger partial charge in [-0.15, -0.1) is 10.2 Å². The highest BCUT2D eigenvalue weighted by molar-refractivity contribution is 6.31. The molecule has 11 nitrogen and oxygen atoms in total. The van der Waals surface area contributed by atoms with Gasteiger partial charge in [0.05, 0.1) is 6.10 Å². The molecule has 0 radical (unpaired) electrons. The molecule has 4 rings (SSSR count). The Kier molecular flexibility index (Phi) is 11.1. The van der Waals surface area contributed by atoms with Gasteiger partial charge in [-0.2, -0.15) is 0 Å². The molecular weight excluding hydrogens is 559 g/mol. The van der Waals surface area contributed by atoms with Crippen LogP contribution in [0.3, 0.4) is 0 Å². The largest absolute Gasteiger partial charge is 0.460 e. The van der Waals surface area contributed by atoms with Crippen LogP contribution >= 0.6 is 23.2 Å². The van der Waals surface area contributed by atoms with Crippen LogP contribution in [0.2, 0.25) is 10.0 Å². The molecule has 2 aromatic carbocycles. The van der Waals surface area contributed by atoms with Gasteiger partial charge in [-0.1, -0.05) is 47.5 Å². The first kappa shape index (κ1) is 30.2. The number of carbonyl (C=O) groups is 2. The number of hydrogen-bond acceptors (Lipinski definition) is 9. The first-order valence-electron chi connectivity index (χ1n) is 11.9. The second kappa shape index (κ2) is 14.7. The van der Waals surface area contributed by atoms with Gasteiger partial charge in [0, 0.05) is 45.7 Å². The Morgan fingerprint density at radius 1 is 0.800 bits per heavy atom. The number of aromatic nitrogens is 6. The lowest BCUT2D eigenvalue weighted by Gasteiger charge is -2.03. The maximum absolute atomic E-state index is 11.4. The number of nitrogens with zero attached hydrogens (tertiary/aromatic N) is 6. The SMILES string of the molecule is CC(C)OC(=O)/C=C\n1cnc(-c2cccc(Cl)c2)n1.CC(O)OC(=O)/C=C\n1cnc(-c2cccc(Cl)c2)n1. The van der Waals surface area contributed by atoms with Crippen molar-refractivity contribution < 1.29 is 24.2 Å². The molecule has 208 valence electrons. The van der Waals surface area contributed by atoms with E-state index in [2.05, 4.69) is 24.9 Å². The normalized spacial score (nSPS) is 11.9.